The fraction of sp³-hybridized carbons (Fsp3) is 0.273. The fourth-order valence-electron chi connectivity index (χ4n) is 1.41. The summed E-state index contributed by atoms with van der Waals surface area (Å²) in [6.45, 7) is 3.71. The van der Waals surface area contributed by atoms with E-state index in [2.05, 4.69) is 44.9 Å². The second-order valence-corrected chi connectivity index (χ2v) is 5.17. The van der Waals surface area contributed by atoms with Gasteiger partial charge in [-0.3, -0.25) is 0 Å². The van der Waals surface area contributed by atoms with Crippen molar-refractivity contribution in [3.63, 3.8) is 0 Å². The van der Waals surface area contributed by atoms with Crippen LogP contribution in [0.1, 0.15) is 12.5 Å². The summed E-state index contributed by atoms with van der Waals surface area (Å²) in [6.07, 6.45) is 5.38. The van der Waals surface area contributed by atoms with E-state index in [4.69, 9.17) is 11.6 Å². The molecule has 0 atom stereocenters. The quantitative estimate of drug-likeness (QED) is 0.850. The van der Waals surface area contributed by atoms with Gasteiger partial charge in [0.2, 0.25) is 0 Å². The van der Waals surface area contributed by atoms with E-state index in [-0.39, 0.29) is 0 Å². The molecule has 0 aliphatic heterocycles. The van der Waals surface area contributed by atoms with E-state index in [1.165, 1.54) is 0 Å². The molecule has 1 N–H and O–H groups in total. The lowest BCUT2D eigenvalue weighted by molar-refractivity contribution is 0.723. The average Bonchev–Trinajstić information content (AvgIpc) is 2.75. The number of hydrogen-bond acceptors (Lipinski definition) is 3. The van der Waals surface area contributed by atoms with Crippen LogP contribution in [0.2, 0.25) is 5.02 Å². The van der Waals surface area contributed by atoms with Gasteiger partial charge >= 0.3 is 0 Å². The standard InChI is InChI=1S/C11H12ClIN4/c1-2-14-4-8-3-11(15-6-10(8)12)17-7-9(13)5-16-17/h3,5-7,14H,2,4H2,1H3. The van der Waals surface area contributed by atoms with Crippen molar-refractivity contribution in [2.75, 3.05) is 6.54 Å². The van der Waals surface area contributed by atoms with Crippen molar-refractivity contribution in [3.05, 3.63) is 38.8 Å². The normalized spacial score (nSPS) is 10.8. The first-order chi connectivity index (χ1) is 8.20. The smallest absolute Gasteiger partial charge is 0.153 e. The molecule has 4 nitrogen and oxygen atoms in total. The number of halogens is 2. The van der Waals surface area contributed by atoms with E-state index in [1.54, 1.807) is 17.1 Å². The van der Waals surface area contributed by atoms with Crippen molar-refractivity contribution in [3.8, 4) is 5.82 Å². The van der Waals surface area contributed by atoms with Crippen LogP contribution in [0.3, 0.4) is 0 Å². The van der Waals surface area contributed by atoms with E-state index in [9.17, 15) is 0 Å². The highest BCUT2D eigenvalue weighted by atomic mass is 127. The van der Waals surface area contributed by atoms with Gasteiger partial charge in [-0.25, -0.2) is 9.67 Å². The van der Waals surface area contributed by atoms with Gasteiger partial charge < -0.3 is 5.32 Å². The molecule has 0 amide bonds. The SMILES string of the molecule is CCNCc1cc(-n2cc(I)cn2)ncc1Cl. The maximum atomic E-state index is 6.09. The van der Waals surface area contributed by atoms with Crippen molar-refractivity contribution < 1.29 is 0 Å². The van der Waals surface area contributed by atoms with Crippen LogP contribution < -0.4 is 5.32 Å². The Hall–Kier alpha value is -0.660. The highest BCUT2D eigenvalue weighted by molar-refractivity contribution is 14.1. The third-order valence-corrected chi connectivity index (χ3v) is 3.17. The molecule has 0 bridgehead atoms. The van der Waals surface area contributed by atoms with Crippen LogP contribution in [-0.4, -0.2) is 21.3 Å². The second-order valence-electron chi connectivity index (χ2n) is 3.52. The lowest BCUT2D eigenvalue weighted by atomic mass is 10.2. The van der Waals surface area contributed by atoms with E-state index >= 15 is 0 Å². The molecule has 0 radical (unpaired) electrons. The summed E-state index contributed by atoms with van der Waals surface area (Å²) in [4.78, 5) is 4.27. The summed E-state index contributed by atoms with van der Waals surface area (Å²) in [6, 6.07) is 1.95. The van der Waals surface area contributed by atoms with Crippen LogP contribution in [0.5, 0.6) is 0 Å². The predicted molar refractivity (Wildman–Crippen MR) is 76.5 cm³/mol. The average molecular weight is 363 g/mol. The van der Waals surface area contributed by atoms with Gasteiger partial charge in [-0.05, 0) is 40.8 Å². The van der Waals surface area contributed by atoms with Gasteiger partial charge in [-0.15, -0.1) is 0 Å². The van der Waals surface area contributed by atoms with Gasteiger partial charge in [0.05, 0.1) is 14.8 Å². The first kappa shape index (κ1) is 12.8. The van der Waals surface area contributed by atoms with Crippen LogP contribution in [0.4, 0.5) is 0 Å². The van der Waals surface area contributed by atoms with Crippen LogP contribution in [0.25, 0.3) is 5.82 Å². The summed E-state index contributed by atoms with van der Waals surface area (Å²) in [5.74, 6) is 0.783. The Balaban J connectivity index is 2.30. The topological polar surface area (TPSA) is 42.7 Å². The third-order valence-electron chi connectivity index (χ3n) is 2.27. The van der Waals surface area contributed by atoms with E-state index in [0.29, 0.717) is 5.02 Å². The Labute approximate surface area is 119 Å². The molecule has 0 aliphatic rings. The number of rotatable bonds is 4. The summed E-state index contributed by atoms with van der Waals surface area (Å²) in [7, 11) is 0. The molecule has 2 heterocycles. The monoisotopic (exact) mass is 362 g/mol. The molecule has 0 spiro atoms. The Morgan fingerprint density at radius 1 is 1.47 bits per heavy atom. The van der Waals surface area contributed by atoms with Gasteiger partial charge in [0.25, 0.3) is 0 Å². The molecule has 0 fully saturated rings. The minimum absolute atomic E-state index is 0.677. The maximum Gasteiger partial charge on any atom is 0.153 e. The molecular weight excluding hydrogens is 351 g/mol. The van der Waals surface area contributed by atoms with Crippen LogP contribution in [-0.2, 0) is 6.54 Å². The number of hydrogen-bond donors (Lipinski definition) is 1. The number of nitrogens with zero attached hydrogens (tertiary/aromatic N) is 3. The predicted octanol–water partition coefficient (Wildman–Crippen LogP) is 2.63. The molecule has 0 unspecified atom stereocenters. The summed E-state index contributed by atoms with van der Waals surface area (Å²) in [5, 5.41) is 8.14. The molecule has 0 aromatic carbocycles. The maximum absolute atomic E-state index is 6.09. The summed E-state index contributed by atoms with van der Waals surface area (Å²) < 4.78 is 2.82. The summed E-state index contributed by atoms with van der Waals surface area (Å²) >= 11 is 8.31. The third kappa shape index (κ3) is 3.17. The summed E-state index contributed by atoms with van der Waals surface area (Å²) in [5.41, 5.74) is 1.03. The van der Waals surface area contributed by atoms with Crippen LogP contribution in [0, 0.1) is 3.57 Å². The van der Waals surface area contributed by atoms with Crippen molar-refractivity contribution in [2.45, 2.75) is 13.5 Å². The molecular formula is C11H12ClIN4. The molecule has 0 saturated heterocycles. The zero-order valence-corrected chi connectivity index (χ0v) is 12.2. The fourth-order valence-corrected chi connectivity index (χ4v) is 1.97. The number of aromatic nitrogens is 3. The molecule has 0 aliphatic carbocycles. The minimum atomic E-state index is 0.677. The zero-order chi connectivity index (χ0) is 12.3. The van der Waals surface area contributed by atoms with Crippen molar-refractivity contribution >= 4 is 34.2 Å². The number of pyridine rings is 1. The Morgan fingerprint density at radius 3 is 2.94 bits per heavy atom. The Bertz CT molecular complexity index is 512. The van der Waals surface area contributed by atoms with Crippen LogP contribution >= 0.6 is 34.2 Å². The van der Waals surface area contributed by atoms with Crippen molar-refractivity contribution in [1.82, 2.24) is 20.1 Å². The molecule has 0 saturated carbocycles. The first-order valence-corrected chi connectivity index (χ1v) is 6.72. The van der Waals surface area contributed by atoms with E-state index in [1.807, 2.05) is 12.3 Å². The molecule has 2 aromatic heterocycles. The first-order valence-electron chi connectivity index (χ1n) is 5.26. The van der Waals surface area contributed by atoms with E-state index in [0.717, 1.165) is 28.0 Å². The molecule has 17 heavy (non-hydrogen) atoms. The van der Waals surface area contributed by atoms with E-state index < -0.39 is 0 Å². The van der Waals surface area contributed by atoms with Gasteiger partial charge in [0, 0.05) is 18.9 Å². The number of nitrogens with one attached hydrogen (secondary N) is 1. The van der Waals surface area contributed by atoms with Crippen molar-refractivity contribution in [2.24, 2.45) is 0 Å². The van der Waals surface area contributed by atoms with Gasteiger partial charge in [-0.1, -0.05) is 18.5 Å². The van der Waals surface area contributed by atoms with Gasteiger partial charge in [0.1, 0.15) is 0 Å². The highest BCUT2D eigenvalue weighted by Gasteiger charge is 2.05. The molecule has 6 heteroatoms. The molecule has 2 aromatic rings. The Morgan fingerprint density at radius 2 is 2.29 bits per heavy atom. The van der Waals surface area contributed by atoms with Gasteiger partial charge in [-0.2, -0.15) is 5.10 Å². The van der Waals surface area contributed by atoms with Crippen LogP contribution in [0.15, 0.2) is 24.7 Å². The lowest BCUT2D eigenvalue weighted by Crippen LogP contribution is -2.13. The highest BCUT2D eigenvalue weighted by Crippen LogP contribution is 2.17. The minimum Gasteiger partial charge on any atom is -0.313 e. The van der Waals surface area contributed by atoms with Gasteiger partial charge in [0.15, 0.2) is 5.82 Å². The largest absolute Gasteiger partial charge is 0.313 e. The van der Waals surface area contributed by atoms with Crippen molar-refractivity contribution in [1.29, 1.82) is 0 Å². The molecule has 90 valence electrons. The second kappa shape index (κ2) is 5.79. The zero-order valence-electron chi connectivity index (χ0n) is 9.32. The lowest BCUT2D eigenvalue weighted by Gasteiger charge is -2.07. The molecule has 2 rings (SSSR count). The Kier molecular flexibility index (Phi) is 4.36.